The Hall–Kier alpha value is -1.22. The third-order valence-electron chi connectivity index (χ3n) is 2.98. The molecule has 0 bridgehead atoms. The van der Waals surface area contributed by atoms with E-state index in [1.54, 1.807) is 0 Å². The Labute approximate surface area is 126 Å². The summed E-state index contributed by atoms with van der Waals surface area (Å²) in [6, 6.07) is 7.35. The zero-order valence-corrected chi connectivity index (χ0v) is 13.3. The molecule has 0 atom stereocenters. The highest BCUT2D eigenvalue weighted by atomic mass is 35.5. The molecule has 0 unspecified atom stereocenters. The summed E-state index contributed by atoms with van der Waals surface area (Å²) in [7, 11) is 1.87. The van der Waals surface area contributed by atoms with Crippen LogP contribution in [0.1, 0.15) is 33.1 Å². The SMILES string of the molecule is CC(C)CC(=O)N(C)CCCCOc1ccc(Cl)cc1. The van der Waals surface area contributed by atoms with Crippen molar-refractivity contribution in [3.63, 3.8) is 0 Å². The Bertz CT molecular complexity index is 403. The number of hydrogen-bond acceptors (Lipinski definition) is 2. The predicted molar refractivity (Wildman–Crippen MR) is 83.3 cm³/mol. The lowest BCUT2D eigenvalue weighted by Crippen LogP contribution is -2.28. The first-order chi connectivity index (χ1) is 9.49. The fraction of sp³-hybridized carbons (Fsp3) is 0.562. The maximum absolute atomic E-state index is 11.8. The second kappa shape index (κ2) is 8.85. The van der Waals surface area contributed by atoms with Crippen LogP contribution in [0.5, 0.6) is 5.75 Å². The highest BCUT2D eigenvalue weighted by molar-refractivity contribution is 6.30. The smallest absolute Gasteiger partial charge is 0.222 e. The van der Waals surface area contributed by atoms with Crippen molar-refractivity contribution in [2.24, 2.45) is 5.92 Å². The van der Waals surface area contributed by atoms with Gasteiger partial charge in [0.05, 0.1) is 6.61 Å². The third kappa shape index (κ3) is 6.80. The molecule has 0 aliphatic carbocycles. The Morgan fingerprint density at radius 2 is 1.90 bits per heavy atom. The quantitative estimate of drug-likeness (QED) is 0.679. The first-order valence-electron chi connectivity index (χ1n) is 7.11. The zero-order valence-electron chi connectivity index (χ0n) is 12.6. The minimum Gasteiger partial charge on any atom is -0.494 e. The summed E-state index contributed by atoms with van der Waals surface area (Å²) in [5, 5.41) is 0.711. The van der Waals surface area contributed by atoms with Gasteiger partial charge in [-0.1, -0.05) is 25.4 Å². The van der Waals surface area contributed by atoms with Gasteiger partial charge in [0.25, 0.3) is 0 Å². The van der Waals surface area contributed by atoms with Crippen LogP contribution in [-0.4, -0.2) is 31.0 Å². The average molecular weight is 298 g/mol. The van der Waals surface area contributed by atoms with Crippen LogP contribution in [0.2, 0.25) is 5.02 Å². The van der Waals surface area contributed by atoms with Gasteiger partial charge in [-0.25, -0.2) is 0 Å². The Morgan fingerprint density at radius 1 is 1.25 bits per heavy atom. The van der Waals surface area contributed by atoms with E-state index in [1.807, 2.05) is 36.2 Å². The number of unbranched alkanes of at least 4 members (excludes halogenated alkanes) is 1. The van der Waals surface area contributed by atoms with Gasteiger partial charge in [-0.3, -0.25) is 4.79 Å². The molecule has 0 aliphatic rings. The van der Waals surface area contributed by atoms with Gasteiger partial charge in [-0.2, -0.15) is 0 Å². The molecular weight excluding hydrogens is 274 g/mol. The Morgan fingerprint density at radius 3 is 2.50 bits per heavy atom. The molecule has 0 heterocycles. The molecule has 0 saturated carbocycles. The van der Waals surface area contributed by atoms with Crippen LogP contribution in [0.3, 0.4) is 0 Å². The van der Waals surface area contributed by atoms with E-state index >= 15 is 0 Å². The van der Waals surface area contributed by atoms with Crippen LogP contribution in [0.25, 0.3) is 0 Å². The highest BCUT2D eigenvalue weighted by Gasteiger charge is 2.09. The number of carbonyl (C=O) groups excluding carboxylic acids is 1. The highest BCUT2D eigenvalue weighted by Crippen LogP contribution is 2.15. The first kappa shape index (κ1) is 16.8. The van der Waals surface area contributed by atoms with Crippen molar-refractivity contribution in [3.05, 3.63) is 29.3 Å². The first-order valence-corrected chi connectivity index (χ1v) is 7.49. The number of nitrogens with zero attached hydrogens (tertiary/aromatic N) is 1. The van der Waals surface area contributed by atoms with Gasteiger partial charge in [0, 0.05) is 25.0 Å². The number of rotatable bonds is 8. The maximum Gasteiger partial charge on any atom is 0.222 e. The molecule has 1 aromatic carbocycles. The maximum atomic E-state index is 11.8. The molecule has 0 N–H and O–H groups in total. The van der Waals surface area contributed by atoms with Crippen LogP contribution in [-0.2, 0) is 4.79 Å². The molecule has 0 aromatic heterocycles. The van der Waals surface area contributed by atoms with Gasteiger partial charge in [-0.15, -0.1) is 0 Å². The minimum absolute atomic E-state index is 0.221. The van der Waals surface area contributed by atoms with Crippen LogP contribution < -0.4 is 4.74 Å². The molecule has 0 saturated heterocycles. The van der Waals surface area contributed by atoms with Gasteiger partial charge in [0.15, 0.2) is 0 Å². The van der Waals surface area contributed by atoms with Crippen molar-refractivity contribution in [2.45, 2.75) is 33.1 Å². The van der Waals surface area contributed by atoms with Gasteiger partial charge in [-0.05, 0) is 43.0 Å². The van der Waals surface area contributed by atoms with Gasteiger partial charge < -0.3 is 9.64 Å². The molecule has 0 fully saturated rings. The molecule has 1 rings (SSSR count). The van der Waals surface area contributed by atoms with Crippen molar-refractivity contribution < 1.29 is 9.53 Å². The lowest BCUT2D eigenvalue weighted by atomic mass is 10.1. The van der Waals surface area contributed by atoms with E-state index in [2.05, 4.69) is 13.8 Å². The summed E-state index contributed by atoms with van der Waals surface area (Å²) < 4.78 is 5.61. The van der Waals surface area contributed by atoms with Crippen LogP contribution in [0.15, 0.2) is 24.3 Å². The number of amides is 1. The zero-order chi connectivity index (χ0) is 15.0. The van der Waals surface area contributed by atoms with Gasteiger partial charge in [0.1, 0.15) is 5.75 Å². The summed E-state index contributed by atoms with van der Waals surface area (Å²) >= 11 is 5.80. The fourth-order valence-electron chi connectivity index (χ4n) is 1.80. The monoisotopic (exact) mass is 297 g/mol. The van der Waals surface area contributed by atoms with Gasteiger partial charge >= 0.3 is 0 Å². The summed E-state index contributed by atoms with van der Waals surface area (Å²) in [6.45, 7) is 5.57. The van der Waals surface area contributed by atoms with Crippen LogP contribution in [0, 0.1) is 5.92 Å². The Balaban J connectivity index is 2.12. The normalized spacial score (nSPS) is 10.7. The largest absolute Gasteiger partial charge is 0.494 e. The summed E-state index contributed by atoms with van der Waals surface area (Å²) in [5.41, 5.74) is 0. The van der Waals surface area contributed by atoms with E-state index in [0.29, 0.717) is 24.0 Å². The third-order valence-corrected chi connectivity index (χ3v) is 3.23. The fourth-order valence-corrected chi connectivity index (χ4v) is 1.93. The summed E-state index contributed by atoms with van der Waals surface area (Å²) in [6.07, 6.45) is 2.51. The number of carbonyl (C=O) groups is 1. The lowest BCUT2D eigenvalue weighted by molar-refractivity contribution is -0.130. The molecule has 0 radical (unpaired) electrons. The van der Waals surface area contributed by atoms with E-state index < -0.39 is 0 Å². The van der Waals surface area contributed by atoms with Crippen molar-refractivity contribution in [2.75, 3.05) is 20.2 Å². The van der Waals surface area contributed by atoms with Crippen molar-refractivity contribution in [3.8, 4) is 5.75 Å². The number of halogens is 1. The van der Waals surface area contributed by atoms with E-state index in [0.717, 1.165) is 25.1 Å². The molecule has 20 heavy (non-hydrogen) atoms. The standard InChI is InChI=1S/C16H24ClNO2/c1-13(2)12-16(19)18(3)10-4-5-11-20-15-8-6-14(17)7-9-15/h6-9,13H,4-5,10-12H2,1-3H3. The number of ether oxygens (including phenoxy) is 1. The van der Waals surface area contributed by atoms with Gasteiger partial charge in [0.2, 0.25) is 5.91 Å². The van der Waals surface area contributed by atoms with Crippen molar-refractivity contribution in [1.82, 2.24) is 4.90 Å². The minimum atomic E-state index is 0.221. The molecule has 4 heteroatoms. The van der Waals surface area contributed by atoms with Crippen molar-refractivity contribution in [1.29, 1.82) is 0 Å². The molecule has 0 aliphatic heterocycles. The predicted octanol–water partition coefficient (Wildman–Crippen LogP) is 4.00. The van der Waals surface area contributed by atoms with Crippen LogP contribution >= 0.6 is 11.6 Å². The molecular formula is C16H24ClNO2. The van der Waals surface area contributed by atoms with Crippen LogP contribution in [0.4, 0.5) is 0 Å². The number of benzene rings is 1. The molecule has 1 amide bonds. The molecule has 0 spiro atoms. The number of hydrogen-bond donors (Lipinski definition) is 0. The summed E-state index contributed by atoms with van der Waals surface area (Å²) in [5.74, 6) is 1.47. The van der Waals surface area contributed by atoms with E-state index in [-0.39, 0.29) is 5.91 Å². The summed E-state index contributed by atoms with van der Waals surface area (Å²) in [4.78, 5) is 13.6. The molecule has 1 aromatic rings. The lowest BCUT2D eigenvalue weighted by Gasteiger charge is -2.18. The van der Waals surface area contributed by atoms with Crippen molar-refractivity contribution >= 4 is 17.5 Å². The molecule has 3 nitrogen and oxygen atoms in total. The van der Waals surface area contributed by atoms with E-state index in [9.17, 15) is 4.79 Å². The Kier molecular flexibility index (Phi) is 7.45. The molecule has 112 valence electrons. The second-order valence-electron chi connectivity index (χ2n) is 5.42. The topological polar surface area (TPSA) is 29.5 Å². The second-order valence-corrected chi connectivity index (χ2v) is 5.86. The van der Waals surface area contributed by atoms with E-state index in [1.165, 1.54) is 0 Å². The average Bonchev–Trinajstić information content (AvgIpc) is 2.39. The van der Waals surface area contributed by atoms with E-state index in [4.69, 9.17) is 16.3 Å².